The second-order valence-electron chi connectivity index (χ2n) is 8.22. The van der Waals surface area contributed by atoms with E-state index in [9.17, 15) is 4.79 Å². The van der Waals surface area contributed by atoms with Crippen molar-refractivity contribution >= 4 is 58.1 Å². The maximum Gasteiger partial charge on any atom is 0.323 e. The largest absolute Gasteiger partial charge is 0.493 e. The number of benzene rings is 3. The number of amides is 2. The highest BCUT2D eigenvalue weighted by Crippen LogP contribution is 2.29. The lowest BCUT2D eigenvalue weighted by Gasteiger charge is -2.16. The molecule has 0 atom stereocenters. The van der Waals surface area contributed by atoms with E-state index in [1.165, 1.54) is 0 Å². The van der Waals surface area contributed by atoms with E-state index in [0.29, 0.717) is 41.3 Å². The van der Waals surface area contributed by atoms with Crippen molar-refractivity contribution in [3.8, 4) is 11.5 Å². The third kappa shape index (κ3) is 5.91. The Morgan fingerprint density at radius 2 is 1.75 bits per heavy atom. The number of rotatable bonds is 8. The number of aryl methyl sites for hydroxylation is 3. The average molecular weight is 599 g/mol. The predicted octanol–water partition coefficient (Wildman–Crippen LogP) is 5.53. The molecule has 4 aromatic rings. The summed E-state index contributed by atoms with van der Waals surface area (Å²) < 4.78 is 12.7. The number of nitrogen functional groups attached to an aromatic ring is 1. The molecule has 4 rings (SSSR count). The van der Waals surface area contributed by atoms with Crippen LogP contribution >= 0.6 is 24.0 Å². The molecule has 5 N–H and O–H groups in total. The number of aromatic nitrogens is 1. The van der Waals surface area contributed by atoms with Gasteiger partial charge in [-0.15, -0.1) is 24.0 Å². The summed E-state index contributed by atoms with van der Waals surface area (Å²) in [5, 5.41) is 14.9. The molecule has 0 spiro atoms. The molecule has 1 aromatic heterocycles. The number of urea groups is 1. The van der Waals surface area contributed by atoms with E-state index >= 15 is 0 Å². The summed E-state index contributed by atoms with van der Waals surface area (Å²) in [4.78, 5) is 12.8. The first-order valence-electron chi connectivity index (χ1n) is 11.2. The van der Waals surface area contributed by atoms with Crippen molar-refractivity contribution < 1.29 is 14.3 Å². The number of anilines is 2. The fraction of sp³-hybridized carbons (Fsp3) is 0.185. The Morgan fingerprint density at radius 1 is 0.972 bits per heavy atom. The highest BCUT2D eigenvalue weighted by atomic mass is 127. The number of hydrogen-bond acceptors (Lipinski definition) is 4. The highest BCUT2D eigenvalue weighted by Gasteiger charge is 2.15. The number of nitrogens with zero attached hydrogens (tertiary/aromatic N) is 1. The lowest BCUT2D eigenvalue weighted by atomic mass is 9.97. The van der Waals surface area contributed by atoms with Gasteiger partial charge in [0.1, 0.15) is 5.84 Å². The number of ether oxygens (including phenoxy) is 2. The lowest BCUT2D eigenvalue weighted by Crippen LogP contribution is -2.23. The maximum atomic E-state index is 12.8. The highest BCUT2D eigenvalue weighted by molar-refractivity contribution is 14.0. The van der Waals surface area contributed by atoms with Crippen molar-refractivity contribution in [1.29, 1.82) is 5.41 Å². The molecule has 188 valence electrons. The van der Waals surface area contributed by atoms with Crippen molar-refractivity contribution in [3.05, 3.63) is 83.6 Å². The van der Waals surface area contributed by atoms with Gasteiger partial charge in [-0.25, -0.2) is 4.79 Å². The van der Waals surface area contributed by atoms with Crippen LogP contribution in [0.2, 0.25) is 0 Å². The van der Waals surface area contributed by atoms with Crippen LogP contribution in [-0.2, 0) is 19.9 Å². The fourth-order valence-electron chi connectivity index (χ4n) is 4.19. The van der Waals surface area contributed by atoms with Gasteiger partial charge in [-0.2, -0.15) is 0 Å². The van der Waals surface area contributed by atoms with Crippen LogP contribution in [0.1, 0.15) is 16.7 Å². The molecular weight excluding hydrogens is 569 g/mol. The molecule has 0 aliphatic carbocycles. The molecule has 0 aliphatic heterocycles. The van der Waals surface area contributed by atoms with E-state index in [4.69, 9.17) is 20.6 Å². The minimum absolute atomic E-state index is 0. The van der Waals surface area contributed by atoms with Gasteiger partial charge in [-0.1, -0.05) is 18.2 Å². The van der Waals surface area contributed by atoms with Gasteiger partial charge in [-0.3, -0.25) is 5.41 Å². The molecule has 9 heteroatoms. The van der Waals surface area contributed by atoms with Gasteiger partial charge in [-0.05, 0) is 66.4 Å². The Bertz CT molecular complexity index is 1400. The molecule has 3 aromatic carbocycles. The summed E-state index contributed by atoms with van der Waals surface area (Å²) in [6.45, 7) is 0. The van der Waals surface area contributed by atoms with Crippen molar-refractivity contribution in [2.45, 2.75) is 12.8 Å². The topological polar surface area (TPSA) is 114 Å². The van der Waals surface area contributed by atoms with Gasteiger partial charge in [0.15, 0.2) is 11.5 Å². The van der Waals surface area contributed by atoms with Crippen molar-refractivity contribution in [2.75, 3.05) is 24.9 Å². The van der Waals surface area contributed by atoms with Crippen LogP contribution in [-0.4, -0.2) is 30.7 Å². The van der Waals surface area contributed by atoms with Gasteiger partial charge >= 0.3 is 6.03 Å². The minimum Gasteiger partial charge on any atom is -0.493 e. The monoisotopic (exact) mass is 599 g/mol. The molecule has 2 amide bonds. The van der Waals surface area contributed by atoms with E-state index in [0.717, 1.165) is 22.0 Å². The van der Waals surface area contributed by atoms with Gasteiger partial charge in [0, 0.05) is 35.4 Å². The van der Waals surface area contributed by atoms with E-state index < -0.39 is 6.03 Å². The summed E-state index contributed by atoms with van der Waals surface area (Å²) in [5.74, 6) is 1.23. The fourth-order valence-corrected chi connectivity index (χ4v) is 4.19. The number of nitrogens with one attached hydrogen (secondary N) is 3. The molecule has 0 saturated heterocycles. The Hall–Kier alpha value is -3.73. The SMILES string of the molecule is COc1ccc(CCc2cccc(NC(=O)Nc3ccc4c(ccn4C)c3)c2C(=N)N)cc1OC.I. The Balaban J connectivity index is 0.00000361. The van der Waals surface area contributed by atoms with Crippen molar-refractivity contribution in [3.63, 3.8) is 0 Å². The number of carbonyl (C=O) groups excluding carboxylic acids is 1. The number of halogens is 1. The number of methoxy groups -OCH3 is 2. The first kappa shape index (κ1) is 26.9. The predicted molar refractivity (Wildman–Crippen MR) is 155 cm³/mol. The van der Waals surface area contributed by atoms with Crippen molar-refractivity contribution in [1.82, 2.24) is 4.57 Å². The standard InChI is InChI=1S/C27H29N5O3.HI/c1-32-14-13-19-16-20(10-11-22(19)32)30-27(33)31-21-6-4-5-18(25(21)26(28)29)9-7-17-8-12-23(34-2)24(15-17)35-3;/h4-6,8,10-16H,7,9H2,1-3H3,(H3,28,29)(H2,30,31,33);1H. The lowest BCUT2D eigenvalue weighted by molar-refractivity contribution is 0.262. The third-order valence-electron chi connectivity index (χ3n) is 5.94. The minimum atomic E-state index is -0.403. The smallest absolute Gasteiger partial charge is 0.323 e. The van der Waals surface area contributed by atoms with Crippen LogP contribution in [0, 0.1) is 5.41 Å². The summed E-state index contributed by atoms with van der Waals surface area (Å²) >= 11 is 0. The number of amidine groups is 1. The molecular formula is C27H30IN5O3. The summed E-state index contributed by atoms with van der Waals surface area (Å²) in [7, 11) is 5.18. The summed E-state index contributed by atoms with van der Waals surface area (Å²) in [6.07, 6.45) is 3.31. The Morgan fingerprint density at radius 3 is 2.47 bits per heavy atom. The average Bonchev–Trinajstić information content (AvgIpc) is 3.22. The molecule has 36 heavy (non-hydrogen) atoms. The quantitative estimate of drug-likeness (QED) is 0.121. The molecule has 0 unspecified atom stereocenters. The molecule has 0 bridgehead atoms. The number of hydrogen-bond donors (Lipinski definition) is 4. The van der Waals surface area contributed by atoms with Crippen LogP contribution in [0.3, 0.4) is 0 Å². The van der Waals surface area contributed by atoms with Gasteiger partial charge in [0.25, 0.3) is 0 Å². The molecule has 0 radical (unpaired) electrons. The maximum absolute atomic E-state index is 12.8. The normalized spacial score (nSPS) is 10.4. The van der Waals surface area contributed by atoms with E-state index in [1.807, 2.05) is 72.4 Å². The summed E-state index contributed by atoms with van der Waals surface area (Å²) in [6, 6.07) is 18.6. The number of fused-ring (bicyclic) bond motifs is 1. The summed E-state index contributed by atoms with van der Waals surface area (Å²) in [5.41, 5.74) is 10.6. The molecule has 1 heterocycles. The first-order valence-corrected chi connectivity index (χ1v) is 11.2. The third-order valence-corrected chi connectivity index (χ3v) is 5.94. The second-order valence-corrected chi connectivity index (χ2v) is 8.22. The second kappa shape index (κ2) is 11.8. The van der Waals surface area contributed by atoms with Gasteiger partial charge in [0.05, 0.1) is 19.9 Å². The number of nitrogens with two attached hydrogens (primary N) is 1. The van der Waals surface area contributed by atoms with E-state index in [1.54, 1.807) is 20.3 Å². The molecule has 0 fully saturated rings. The zero-order valence-corrected chi connectivity index (χ0v) is 22.8. The number of carbonyl (C=O) groups is 1. The van der Waals surface area contributed by atoms with E-state index in [-0.39, 0.29) is 29.8 Å². The zero-order valence-electron chi connectivity index (χ0n) is 20.4. The first-order chi connectivity index (χ1) is 16.9. The van der Waals surface area contributed by atoms with Gasteiger partial charge in [0.2, 0.25) is 0 Å². The molecule has 8 nitrogen and oxygen atoms in total. The van der Waals surface area contributed by atoms with Gasteiger partial charge < -0.3 is 30.4 Å². The van der Waals surface area contributed by atoms with Crippen LogP contribution < -0.4 is 25.8 Å². The Labute approximate surface area is 227 Å². The van der Waals surface area contributed by atoms with Crippen LogP contribution in [0.15, 0.2) is 66.9 Å². The molecule has 0 aliphatic rings. The zero-order chi connectivity index (χ0) is 24.9. The van der Waals surface area contributed by atoms with Crippen LogP contribution in [0.5, 0.6) is 11.5 Å². The Kier molecular flexibility index (Phi) is 8.81. The molecule has 0 saturated carbocycles. The van der Waals surface area contributed by atoms with Crippen LogP contribution in [0.25, 0.3) is 10.9 Å². The van der Waals surface area contributed by atoms with Crippen molar-refractivity contribution in [2.24, 2.45) is 12.8 Å². The van der Waals surface area contributed by atoms with Crippen LogP contribution in [0.4, 0.5) is 16.2 Å². The van der Waals surface area contributed by atoms with E-state index in [2.05, 4.69) is 10.6 Å².